The number of aryl methyl sites for hydroxylation is 1. The molecule has 1 fully saturated rings. The van der Waals surface area contributed by atoms with Crippen molar-refractivity contribution in [2.45, 2.75) is 58.5 Å². The van der Waals surface area contributed by atoms with E-state index in [2.05, 4.69) is 22.3 Å². The van der Waals surface area contributed by atoms with Gasteiger partial charge in [-0.15, -0.1) is 0 Å². The Bertz CT molecular complexity index is 1050. The molecular formula is C23H26F2N4O. The number of benzene rings is 1. The van der Waals surface area contributed by atoms with Gasteiger partial charge in [-0.05, 0) is 31.7 Å². The molecule has 1 aromatic carbocycles. The Kier molecular flexibility index (Phi) is 5.79. The molecule has 0 bridgehead atoms. The second-order valence-corrected chi connectivity index (χ2v) is 8.14. The van der Waals surface area contributed by atoms with Crippen LogP contribution in [-0.4, -0.2) is 26.7 Å². The van der Waals surface area contributed by atoms with E-state index in [4.69, 9.17) is 0 Å². The summed E-state index contributed by atoms with van der Waals surface area (Å²) in [4.78, 5) is 17.3. The molecule has 2 heterocycles. The molecule has 0 aliphatic heterocycles. The largest absolute Gasteiger partial charge is 0.351 e. The number of rotatable bonds is 5. The molecule has 1 N–H and O–H groups in total. The lowest BCUT2D eigenvalue weighted by atomic mass is 9.86. The lowest BCUT2D eigenvalue weighted by molar-refractivity contribution is -0.123. The van der Waals surface area contributed by atoms with Crippen LogP contribution in [0.15, 0.2) is 36.4 Å². The van der Waals surface area contributed by atoms with E-state index in [0.29, 0.717) is 28.3 Å². The highest BCUT2D eigenvalue weighted by Gasteiger charge is 2.25. The number of hydrogen-bond acceptors (Lipinski definition) is 3. The molecule has 30 heavy (non-hydrogen) atoms. The van der Waals surface area contributed by atoms with Gasteiger partial charge in [0, 0.05) is 17.2 Å². The van der Waals surface area contributed by atoms with Crippen molar-refractivity contribution in [3.63, 3.8) is 0 Å². The molecule has 1 aliphatic rings. The highest BCUT2D eigenvalue weighted by Crippen LogP contribution is 2.33. The Labute approximate surface area is 174 Å². The molecule has 3 aromatic rings. The molecule has 158 valence electrons. The summed E-state index contributed by atoms with van der Waals surface area (Å²) in [6.45, 7) is 3.79. The maximum atomic E-state index is 13.9. The normalized spacial score (nSPS) is 19.4. The fraction of sp³-hybridized carbons (Fsp3) is 0.435. The van der Waals surface area contributed by atoms with E-state index in [1.165, 1.54) is 17.2 Å². The van der Waals surface area contributed by atoms with Crippen molar-refractivity contribution in [1.82, 2.24) is 20.1 Å². The molecular weight excluding hydrogens is 386 g/mol. The van der Waals surface area contributed by atoms with E-state index >= 15 is 0 Å². The van der Waals surface area contributed by atoms with Crippen LogP contribution >= 0.6 is 0 Å². The van der Waals surface area contributed by atoms with Gasteiger partial charge in [-0.2, -0.15) is 5.10 Å². The molecule has 0 saturated heterocycles. The maximum absolute atomic E-state index is 13.9. The van der Waals surface area contributed by atoms with Crippen molar-refractivity contribution in [2.75, 3.05) is 0 Å². The Morgan fingerprint density at radius 3 is 2.67 bits per heavy atom. The number of aromatic nitrogens is 3. The van der Waals surface area contributed by atoms with E-state index in [9.17, 15) is 13.6 Å². The zero-order valence-electron chi connectivity index (χ0n) is 17.2. The van der Waals surface area contributed by atoms with Gasteiger partial charge in [-0.25, -0.2) is 18.4 Å². The highest BCUT2D eigenvalue weighted by atomic mass is 19.3. The van der Waals surface area contributed by atoms with Crippen LogP contribution in [0.4, 0.5) is 8.78 Å². The summed E-state index contributed by atoms with van der Waals surface area (Å²) in [5, 5.41) is 7.80. The molecule has 4 rings (SSSR count). The standard InChI is InChI=1S/C23H26F2N4O/c1-14-8-6-7-11-18(14)26-20(30)13-29-23-21(15(2)28-29)17(22(24)25)12-19(27-23)16-9-4-3-5-10-16/h3-5,9-10,12,14,18,22H,6-8,11,13H2,1-2H3,(H,26,30). The fourth-order valence-corrected chi connectivity index (χ4v) is 4.35. The topological polar surface area (TPSA) is 59.8 Å². The maximum Gasteiger partial charge on any atom is 0.264 e. The summed E-state index contributed by atoms with van der Waals surface area (Å²) < 4.78 is 29.2. The summed E-state index contributed by atoms with van der Waals surface area (Å²) in [5.74, 6) is 0.274. The molecule has 1 amide bonds. The summed E-state index contributed by atoms with van der Waals surface area (Å²) in [6, 6.07) is 10.8. The molecule has 2 aromatic heterocycles. The minimum Gasteiger partial charge on any atom is -0.351 e. The van der Waals surface area contributed by atoms with Crippen LogP contribution in [0.1, 0.15) is 50.3 Å². The minimum atomic E-state index is -2.66. The average Bonchev–Trinajstić information content (AvgIpc) is 3.05. The van der Waals surface area contributed by atoms with Crippen LogP contribution in [0.5, 0.6) is 0 Å². The van der Waals surface area contributed by atoms with E-state index in [1.807, 2.05) is 30.3 Å². The Morgan fingerprint density at radius 1 is 1.23 bits per heavy atom. The van der Waals surface area contributed by atoms with E-state index in [1.54, 1.807) is 6.92 Å². The summed E-state index contributed by atoms with van der Waals surface area (Å²) >= 11 is 0. The Morgan fingerprint density at radius 2 is 1.97 bits per heavy atom. The van der Waals surface area contributed by atoms with E-state index < -0.39 is 6.43 Å². The number of pyridine rings is 1. The van der Waals surface area contributed by atoms with Crippen molar-refractivity contribution >= 4 is 16.9 Å². The molecule has 2 atom stereocenters. The average molecular weight is 412 g/mol. The van der Waals surface area contributed by atoms with Crippen LogP contribution in [0.25, 0.3) is 22.3 Å². The second kappa shape index (κ2) is 8.50. The lowest BCUT2D eigenvalue weighted by Crippen LogP contribution is -2.42. The van der Waals surface area contributed by atoms with Gasteiger partial charge in [0.05, 0.1) is 16.8 Å². The first-order valence-electron chi connectivity index (χ1n) is 10.4. The fourth-order valence-electron chi connectivity index (χ4n) is 4.35. The Balaban J connectivity index is 1.69. The first-order chi connectivity index (χ1) is 14.4. The molecule has 0 radical (unpaired) electrons. The summed E-state index contributed by atoms with van der Waals surface area (Å²) in [5.41, 5.74) is 1.85. The van der Waals surface area contributed by atoms with Gasteiger partial charge < -0.3 is 5.32 Å². The first-order valence-corrected chi connectivity index (χ1v) is 10.4. The quantitative estimate of drug-likeness (QED) is 0.639. The number of nitrogens with zero attached hydrogens (tertiary/aromatic N) is 3. The third kappa shape index (κ3) is 4.06. The van der Waals surface area contributed by atoms with Crippen molar-refractivity contribution in [3.05, 3.63) is 47.7 Å². The first kappa shape index (κ1) is 20.4. The molecule has 7 heteroatoms. The number of carbonyl (C=O) groups excluding carboxylic acids is 1. The highest BCUT2D eigenvalue weighted by molar-refractivity contribution is 5.87. The van der Waals surface area contributed by atoms with Crippen LogP contribution in [0.2, 0.25) is 0 Å². The van der Waals surface area contributed by atoms with Crippen LogP contribution in [-0.2, 0) is 11.3 Å². The zero-order valence-corrected chi connectivity index (χ0v) is 17.2. The number of nitrogens with one attached hydrogen (secondary N) is 1. The van der Waals surface area contributed by atoms with Gasteiger partial charge in [0.15, 0.2) is 5.65 Å². The number of amides is 1. The van der Waals surface area contributed by atoms with Crippen LogP contribution < -0.4 is 5.32 Å². The second-order valence-electron chi connectivity index (χ2n) is 8.14. The SMILES string of the molecule is Cc1nn(CC(=O)NC2CCCCC2C)c2nc(-c3ccccc3)cc(C(F)F)c12. The van der Waals surface area contributed by atoms with Gasteiger partial charge in [0.25, 0.3) is 6.43 Å². The number of alkyl halides is 2. The van der Waals surface area contributed by atoms with Crippen molar-refractivity contribution in [3.8, 4) is 11.3 Å². The lowest BCUT2D eigenvalue weighted by Gasteiger charge is -2.29. The van der Waals surface area contributed by atoms with Gasteiger partial charge in [-0.1, -0.05) is 50.1 Å². The Hall–Kier alpha value is -2.83. The number of carbonyl (C=O) groups is 1. The molecule has 5 nitrogen and oxygen atoms in total. The van der Waals surface area contributed by atoms with Crippen LogP contribution in [0.3, 0.4) is 0 Å². The third-order valence-corrected chi connectivity index (χ3v) is 5.96. The minimum absolute atomic E-state index is 0.0402. The third-order valence-electron chi connectivity index (χ3n) is 5.96. The van der Waals surface area contributed by atoms with Gasteiger partial charge in [-0.3, -0.25) is 4.79 Å². The number of hydrogen-bond donors (Lipinski definition) is 1. The monoisotopic (exact) mass is 412 g/mol. The van der Waals surface area contributed by atoms with Gasteiger partial charge in [0.1, 0.15) is 6.54 Å². The zero-order chi connectivity index (χ0) is 21.3. The van der Waals surface area contributed by atoms with Gasteiger partial charge >= 0.3 is 0 Å². The van der Waals surface area contributed by atoms with E-state index in [0.717, 1.165) is 24.8 Å². The molecule has 2 unspecified atom stereocenters. The van der Waals surface area contributed by atoms with Crippen molar-refractivity contribution in [1.29, 1.82) is 0 Å². The number of fused-ring (bicyclic) bond motifs is 1. The van der Waals surface area contributed by atoms with Crippen molar-refractivity contribution < 1.29 is 13.6 Å². The smallest absolute Gasteiger partial charge is 0.264 e. The summed E-state index contributed by atoms with van der Waals surface area (Å²) in [7, 11) is 0. The molecule has 0 spiro atoms. The van der Waals surface area contributed by atoms with E-state index in [-0.39, 0.29) is 24.1 Å². The van der Waals surface area contributed by atoms with Gasteiger partial charge in [0.2, 0.25) is 5.91 Å². The predicted octanol–water partition coefficient (Wildman–Crippen LogP) is 5.04. The molecule has 1 saturated carbocycles. The van der Waals surface area contributed by atoms with Crippen molar-refractivity contribution in [2.24, 2.45) is 5.92 Å². The summed E-state index contributed by atoms with van der Waals surface area (Å²) in [6.07, 6.45) is 1.72. The predicted molar refractivity (Wildman–Crippen MR) is 112 cm³/mol. The number of halogens is 2. The van der Waals surface area contributed by atoms with Crippen LogP contribution in [0, 0.1) is 12.8 Å². The molecule has 1 aliphatic carbocycles.